The molecule has 0 spiro atoms. The Morgan fingerprint density at radius 2 is 2.11 bits per heavy atom. The van der Waals surface area contributed by atoms with E-state index in [0.29, 0.717) is 17.7 Å². The van der Waals surface area contributed by atoms with Crippen molar-refractivity contribution >= 4 is 5.91 Å². The van der Waals surface area contributed by atoms with Crippen LogP contribution >= 0.6 is 0 Å². The minimum atomic E-state index is 0.361. The molecule has 2 saturated heterocycles. The first kappa shape index (κ1) is 13.6. The number of hydrogen-bond donors (Lipinski definition) is 0. The largest absolute Gasteiger partial charge is 0.342 e. The fourth-order valence-corrected chi connectivity index (χ4v) is 3.19. The Morgan fingerprint density at radius 3 is 2.83 bits per heavy atom. The van der Waals surface area contributed by atoms with Crippen LogP contribution in [0.3, 0.4) is 0 Å². The van der Waals surface area contributed by atoms with Crippen LogP contribution in [0.4, 0.5) is 0 Å². The first-order valence-electron chi connectivity index (χ1n) is 7.28. The summed E-state index contributed by atoms with van der Waals surface area (Å²) in [6, 6.07) is 0. The summed E-state index contributed by atoms with van der Waals surface area (Å²) in [6.45, 7) is 7.93. The van der Waals surface area contributed by atoms with Gasteiger partial charge < -0.3 is 9.80 Å². The summed E-state index contributed by atoms with van der Waals surface area (Å²) >= 11 is 0. The second-order valence-electron chi connectivity index (χ2n) is 5.95. The van der Waals surface area contributed by atoms with Crippen molar-refractivity contribution in [3.8, 4) is 0 Å². The molecular formula is C15H26N2O. The quantitative estimate of drug-likeness (QED) is 0.717. The predicted molar refractivity (Wildman–Crippen MR) is 74.3 cm³/mol. The third-order valence-electron chi connectivity index (χ3n) is 4.35. The van der Waals surface area contributed by atoms with E-state index in [1.165, 1.54) is 25.8 Å². The Kier molecular flexibility index (Phi) is 4.81. The molecule has 3 nitrogen and oxygen atoms in total. The third kappa shape index (κ3) is 3.58. The zero-order chi connectivity index (χ0) is 13.0. The van der Waals surface area contributed by atoms with Gasteiger partial charge >= 0.3 is 0 Å². The first-order valence-corrected chi connectivity index (χ1v) is 7.28. The SMILES string of the molecule is C=C[C@H]1CCN(C(=O)CC2CCCCN(C)C2)C1. The van der Waals surface area contributed by atoms with Gasteiger partial charge in [-0.2, -0.15) is 0 Å². The molecule has 18 heavy (non-hydrogen) atoms. The standard InChI is InChI=1S/C15H26N2O/c1-3-13-7-9-17(12-13)15(18)10-14-6-4-5-8-16(2)11-14/h3,13-14H,1,4-12H2,2H3/t13-,14?/m0/s1. The van der Waals surface area contributed by atoms with E-state index in [0.717, 1.165) is 32.5 Å². The van der Waals surface area contributed by atoms with Gasteiger partial charge in [0.05, 0.1) is 0 Å². The van der Waals surface area contributed by atoms with Crippen LogP contribution in [0.5, 0.6) is 0 Å². The van der Waals surface area contributed by atoms with Crippen molar-refractivity contribution in [3.05, 3.63) is 12.7 Å². The molecular weight excluding hydrogens is 224 g/mol. The molecule has 2 rings (SSSR count). The molecule has 1 unspecified atom stereocenters. The molecule has 0 aromatic rings. The molecule has 0 aromatic carbocycles. The van der Waals surface area contributed by atoms with E-state index in [9.17, 15) is 4.79 Å². The number of rotatable bonds is 3. The van der Waals surface area contributed by atoms with Gasteiger partial charge in [0.15, 0.2) is 0 Å². The van der Waals surface area contributed by atoms with Crippen LogP contribution in [0.2, 0.25) is 0 Å². The minimum Gasteiger partial charge on any atom is -0.342 e. The minimum absolute atomic E-state index is 0.361. The molecule has 2 atom stereocenters. The summed E-state index contributed by atoms with van der Waals surface area (Å²) in [6.07, 6.45) is 7.61. The van der Waals surface area contributed by atoms with Crippen molar-refractivity contribution in [1.82, 2.24) is 9.80 Å². The van der Waals surface area contributed by atoms with Crippen LogP contribution in [0.15, 0.2) is 12.7 Å². The van der Waals surface area contributed by atoms with Gasteiger partial charge in [-0.1, -0.05) is 12.5 Å². The Bertz CT molecular complexity index is 303. The van der Waals surface area contributed by atoms with Crippen molar-refractivity contribution in [2.24, 2.45) is 11.8 Å². The smallest absolute Gasteiger partial charge is 0.222 e. The molecule has 0 N–H and O–H groups in total. The van der Waals surface area contributed by atoms with Crippen molar-refractivity contribution in [2.75, 3.05) is 33.2 Å². The highest BCUT2D eigenvalue weighted by Crippen LogP contribution is 2.22. The molecule has 102 valence electrons. The van der Waals surface area contributed by atoms with Crippen molar-refractivity contribution < 1.29 is 4.79 Å². The van der Waals surface area contributed by atoms with E-state index < -0.39 is 0 Å². The number of carbonyl (C=O) groups is 1. The average Bonchev–Trinajstić information content (AvgIpc) is 2.74. The summed E-state index contributed by atoms with van der Waals surface area (Å²) in [5, 5.41) is 0. The summed E-state index contributed by atoms with van der Waals surface area (Å²) in [5.74, 6) is 1.44. The van der Waals surface area contributed by atoms with Gasteiger partial charge in [-0.05, 0) is 44.7 Å². The Hall–Kier alpha value is -0.830. The van der Waals surface area contributed by atoms with Gasteiger partial charge in [-0.3, -0.25) is 4.79 Å². The molecule has 0 bridgehead atoms. The first-order chi connectivity index (χ1) is 8.69. The number of carbonyl (C=O) groups excluding carboxylic acids is 1. The van der Waals surface area contributed by atoms with Gasteiger partial charge in [0.1, 0.15) is 0 Å². The second-order valence-corrected chi connectivity index (χ2v) is 5.95. The summed E-state index contributed by atoms with van der Waals surface area (Å²) in [7, 11) is 2.17. The van der Waals surface area contributed by atoms with Gasteiger partial charge in [-0.15, -0.1) is 6.58 Å². The molecule has 1 amide bonds. The lowest BCUT2D eigenvalue weighted by atomic mass is 9.99. The molecule has 3 heteroatoms. The van der Waals surface area contributed by atoms with Crippen LogP contribution in [0, 0.1) is 11.8 Å². The van der Waals surface area contributed by atoms with Gasteiger partial charge in [0.2, 0.25) is 5.91 Å². The molecule has 0 aliphatic carbocycles. The van der Waals surface area contributed by atoms with Gasteiger partial charge in [0.25, 0.3) is 0 Å². The highest BCUT2D eigenvalue weighted by Gasteiger charge is 2.26. The van der Waals surface area contributed by atoms with Crippen LogP contribution in [0.25, 0.3) is 0 Å². The maximum Gasteiger partial charge on any atom is 0.222 e. The zero-order valence-corrected chi connectivity index (χ0v) is 11.6. The van der Waals surface area contributed by atoms with Crippen molar-refractivity contribution in [2.45, 2.75) is 32.1 Å². The average molecular weight is 250 g/mol. The predicted octanol–water partition coefficient (Wildman–Crippen LogP) is 2.14. The van der Waals surface area contributed by atoms with E-state index in [1.54, 1.807) is 0 Å². The molecule has 2 aliphatic rings. The zero-order valence-electron chi connectivity index (χ0n) is 11.6. The molecule has 2 heterocycles. The molecule has 0 aromatic heterocycles. The third-order valence-corrected chi connectivity index (χ3v) is 4.35. The lowest BCUT2D eigenvalue weighted by molar-refractivity contribution is -0.131. The normalized spacial score (nSPS) is 30.2. The Balaban J connectivity index is 1.81. The summed E-state index contributed by atoms with van der Waals surface area (Å²) < 4.78 is 0. The van der Waals surface area contributed by atoms with E-state index in [2.05, 4.69) is 18.5 Å². The molecule has 2 aliphatic heterocycles. The van der Waals surface area contributed by atoms with E-state index in [4.69, 9.17) is 0 Å². The molecule has 0 radical (unpaired) electrons. The van der Waals surface area contributed by atoms with Crippen LogP contribution in [0.1, 0.15) is 32.1 Å². The maximum atomic E-state index is 12.3. The lowest BCUT2D eigenvalue weighted by Gasteiger charge is -2.22. The fourth-order valence-electron chi connectivity index (χ4n) is 3.19. The highest BCUT2D eigenvalue weighted by molar-refractivity contribution is 5.76. The summed E-state index contributed by atoms with van der Waals surface area (Å²) in [5.41, 5.74) is 0. The number of hydrogen-bond acceptors (Lipinski definition) is 2. The number of amides is 1. The van der Waals surface area contributed by atoms with Crippen molar-refractivity contribution in [3.63, 3.8) is 0 Å². The van der Waals surface area contributed by atoms with E-state index in [1.807, 2.05) is 11.0 Å². The topological polar surface area (TPSA) is 23.6 Å². The van der Waals surface area contributed by atoms with E-state index >= 15 is 0 Å². The molecule has 0 saturated carbocycles. The number of nitrogens with zero attached hydrogens (tertiary/aromatic N) is 2. The maximum absolute atomic E-state index is 12.3. The highest BCUT2D eigenvalue weighted by atomic mass is 16.2. The van der Waals surface area contributed by atoms with Crippen LogP contribution in [-0.2, 0) is 4.79 Å². The number of likely N-dealkylation sites (tertiary alicyclic amines) is 2. The second kappa shape index (κ2) is 6.37. The van der Waals surface area contributed by atoms with Crippen molar-refractivity contribution in [1.29, 1.82) is 0 Å². The van der Waals surface area contributed by atoms with E-state index in [-0.39, 0.29) is 0 Å². The Labute approximate surface area is 111 Å². The monoisotopic (exact) mass is 250 g/mol. The van der Waals surface area contributed by atoms with Crippen LogP contribution < -0.4 is 0 Å². The van der Waals surface area contributed by atoms with Crippen LogP contribution in [-0.4, -0.2) is 48.9 Å². The fraction of sp³-hybridized carbons (Fsp3) is 0.800. The summed E-state index contributed by atoms with van der Waals surface area (Å²) in [4.78, 5) is 16.7. The molecule has 2 fully saturated rings. The van der Waals surface area contributed by atoms with Gasteiger partial charge in [-0.25, -0.2) is 0 Å². The Morgan fingerprint density at radius 1 is 1.28 bits per heavy atom. The van der Waals surface area contributed by atoms with Gasteiger partial charge in [0, 0.05) is 26.1 Å². The lowest BCUT2D eigenvalue weighted by Crippen LogP contribution is -2.32.